The Labute approximate surface area is 346 Å². The number of rotatable bonds is 11. The van der Waals surface area contributed by atoms with Gasteiger partial charge in [-0.05, 0) is 88.0 Å². The van der Waals surface area contributed by atoms with E-state index in [1.54, 1.807) is 18.7 Å². The van der Waals surface area contributed by atoms with Gasteiger partial charge in [-0.3, -0.25) is 4.79 Å². The fourth-order valence-corrected chi connectivity index (χ4v) is 8.75. The number of likely N-dealkylation sites (tertiary alicyclic amines) is 1. The molecule has 8 rings (SSSR count). The SMILES string of the molecule is C#Cc1c(F)ccc2cc(O)cc(-c3nc(OC4CC4)c4c(N5CC(CC)N(C(=O)C(F)(F)F)C(CC)C5)nc(OCC5(CN6CCC(C(F)(F)F)CC6)CC5)nc4c3F)c12. The second-order valence-corrected chi connectivity index (χ2v) is 16.7. The maximum Gasteiger partial charge on any atom is 0.471 e. The van der Waals surface area contributed by atoms with Crippen LogP contribution in [-0.4, -0.2) is 106 Å². The first-order valence-electron chi connectivity index (χ1n) is 20.5. The van der Waals surface area contributed by atoms with Crippen molar-refractivity contribution >= 4 is 33.4 Å². The molecule has 2 aromatic carbocycles. The van der Waals surface area contributed by atoms with Crippen LogP contribution >= 0.6 is 0 Å². The summed E-state index contributed by atoms with van der Waals surface area (Å²) in [6, 6.07) is 2.90. The van der Waals surface area contributed by atoms with Gasteiger partial charge in [-0.25, -0.2) is 13.8 Å². The van der Waals surface area contributed by atoms with Crippen molar-refractivity contribution in [2.24, 2.45) is 11.3 Å². The van der Waals surface area contributed by atoms with Gasteiger partial charge in [0.2, 0.25) is 5.88 Å². The molecule has 61 heavy (non-hydrogen) atoms. The number of hydrogen-bond donors (Lipinski definition) is 1. The number of nitrogens with zero attached hydrogens (tertiary/aromatic N) is 6. The lowest BCUT2D eigenvalue weighted by Gasteiger charge is -2.47. The monoisotopic (exact) mass is 860 g/mol. The molecular weight excluding hydrogens is 816 g/mol. The zero-order chi connectivity index (χ0) is 43.6. The second-order valence-electron chi connectivity index (χ2n) is 16.7. The molecule has 2 saturated heterocycles. The second kappa shape index (κ2) is 15.9. The molecule has 1 amide bonds. The first-order chi connectivity index (χ1) is 28.9. The van der Waals surface area contributed by atoms with Crippen molar-refractivity contribution in [1.82, 2.24) is 24.8 Å². The number of carbonyl (C=O) groups is 1. The average molecular weight is 861 g/mol. The lowest BCUT2D eigenvalue weighted by Crippen LogP contribution is -2.63. The fourth-order valence-electron chi connectivity index (χ4n) is 8.75. The minimum atomic E-state index is -5.12. The predicted molar refractivity (Wildman–Crippen MR) is 209 cm³/mol. The number of alkyl halides is 6. The van der Waals surface area contributed by atoms with Crippen molar-refractivity contribution in [1.29, 1.82) is 0 Å². The first kappa shape index (κ1) is 42.5. The molecule has 4 heterocycles. The fraction of sp³-hybridized carbons (Fsp3) is 0.535. The third-order valence-electron chi connectivity index (χ3n) is 12.4. The Morgan fingerprint density at radius 3 is 2.20 bits per heavy atom. The van der Waals surface area contributed by atoms with Crippen molar-refractivity contribution in [2.45, 2.75) is 95.8 Å². The van der Waals surface area contributed by atoms with Gasteiger partial charge in [-0.2, -0.15) is 36.3 Å². The highest BCUT2D eigenvalue weighted by molar-refractivity contribution is 6.04. The lowest BCUT2D eigenvalue weighted by atomic mass is 9.95. The van der Waals surface area contributed by atoms with Gasteiger partial charge in [-0.1, -0.05) is 25.8 Å². The summed E-state index contributed by atoms with van der Waals surface area (Å²) < 4.78 is 127. The Hall–Kier alpha value is -5.18. The van der Waals surface area contributed by atoms with Crippen LogP contribution in [0.25, 0.3) is 32.9 Å². The lowest BCUT2D eigenvalue weighted by molar-refractivity contribution is -0.191. The first-order valence-corrected chi connectivity index (χ1v) is 20.5. The Kier molecular flexibility index (Phi) is 11.1. The Morgan fingerprint density at radius 2 is 1.62 bits per heavy atom. The molecule has 10 nitrogen and oxygen atoms in total. The van der Waals surface area contributed by atoms with Crippen molar-refractivity contribution < 1.29 is 54.5 Å². The maximum absolute atomic E-state index is 17.5. The molecule has 4 aliphatic rings. The van der Waals surface area contributed by atoms with E-state index in [0.29, 0.717) is 37.6 Å². The topological polar surface area (TPSA) is 104 Å². The highest BCUT2D eigenvalue weighted by Gasteiger charge is 2.50. The molecule has 2 unspecified atom stereocenters. The summed E-state index contributed by atoms with van der Waals surface area (Å²) >= 11 is 0. The molecule has 18 heteroatoms. The Balaban J connectivity index is 1.25. The highest BCUT2D eigenvalue weighted by Crippen LogP contribution is 2.49. The van der Waals surface area contributed by atoms with Crippen LogP contribution in [0.3, 0.4) is 0 Å². The summed E-state index contributed by atoms with van der Waals surface area (Å²) in [4.78, 5) is 31.2. The minimum absolute atomic E-state index is 0.0118. The van der Waals surface area contributed by atoms with Gasteiger partial charge >= 0.3 is 24.3 Å². The summed E-state index contributed by atoms with van der Waals surface area (Å²) in [7, 11) is 0. The van der Waals surface area contributed by atoms with E-state index in [1.165, 1.54) is 18.2 Å². The molecule has 2 aromatic heterocycles. The van der Waals surface area contributed by atoms with Crippen molar-refractivity contribution in [3.05, 3.63) is 41.5 Å². The van der Waals surface area contributed by atoms with Crippen molar-refractivity contribution in [2.75, 3.05) is 44.2 Å². The number of anilines is 1. The summed E-state index contributed by atoms with van der Waals surface area (Å²) in [6.45, 7) is 4.08. The molecule has 2 saturated carbocycles. The van der Waals surface area contributed by atoms with Gasteiger partial charge in [-0.15, -0.1) is 6.42 Å². The van der Waals surface area contributed by atoms with Gasteiger partial charge in [0.05, 0.1) is 18.1 Å². The largest absolute Gasteiger partial charge is 0.508 e. The number of pyridine rings is 1. The van der Waals surface area contributed by atoms with Gasteiger partial charge in [0.25, 0.3) is 0 Å². The van der Waals surface area contributed by atoms with Crippen molar-refractivity contribution in [3.8, 4) is 41.2 Å². The van der Waals surface area contributed by atoms with Gasteiger partial charge in [0.15, 0.2) is 5.82 Å². The molecule has 2 aliphatic carbocycles. The number of amides is 1. The normalized spacial score (nSPS) is 21.2. The Morgan fingerprint density at radius 1 is 0.951 bits per heavy atom. The third kappa shape index (κ3) is 8.41. The van der Waals surface area contributed by atoms with Crippen LogP contribution in [-0.2, 0) is 4.79 Å². The summed E-state index contributed by atoms with van der Waals surface area (Å²) in [5.41, 5.74) is -1.43. The van der Waals surface area contributed by atoms with Crippen LogP contribution in [0.1, 0.15) is 70.8 Å². The number of carbonyl (C=O) groups excluding carboxylic acids is 1. The third-order valence-corrected chi connectivity index (χ3v) is 12.4. The van der Waals surface area contributed by atoms with E-state index in [-0.39, 0.29) is 121 Å². The zero-order valence-corrected chi connectivity index (χ0v) is 33.5. The molecule has 0 bridgehead atoms. The van der Waals surface area contributed by atoms with E-state index >= 15 is 8.78 Å². The Bertz CT molecular complexity index is 2370. The number of piperidine rings is 1. The number of hydrogen-bond acceptors (Lipinski definition) is 9. The van der Waals surface area contributed by atoms with Crippen molar-refractivity contribution in [3.63, 3.8) is 0 Å². The maximum atomic E-state index is 17.5. The number of benzene rings is 2. The molecule has 2 aliphatic heterocycles. The average Bonchev–Trinajstić information content (AvgIpc) is 4.17. The number of fused-ring (bicyclic) bond motifs is 2. The van der Waals surface area contributed by atoms with Crippen LogP contribution in [0.15, 0.2) is 24.3 Å². The number of piperazine rings is 1. The molecule has 0 radical (unpaired) electrons. The molecule has 4 aromatic rings. The van der Waals surface area contributed by atoms with E-state index in [1.807, 2.05) is 4.90 Å². The van der Waals surface area contributed by atoms with Crippen LogP contribution in [0.4, 0.5) is 40.9 Å². The molecule has 326 valence electrons. The summed E-state index contributed by atoms with van der Waals surface area (Å²) in [6.07, 6.45) is -1.01. The number of phenols is 1. The molecule has 4 fully saturated rings. The molecule has 1 N–H and O–H groups in total. The van der Waals surface area contributed by atoms with Gasteiger partial charge in [0.1, 0.15) is 40.1 Å². The quantitative estimate of drug-likeness (QED) is 0.117. The van der Waals surface area contributed by atoms with Crippen LogP contribution in [0, 0.1) is 35.3 Å². The number of terminal acetylenes is 1. The van der Waals surface area contributed by atoms with E-state index < -0.39 is 53.3 Å². The highest BCUT2D eigenvalue weighted by atomic mass is 19.4. The number of phenolic OH excluding ortho intramolecular Hbond substituents is 1. The zero-order valence-electron chi connectivity index (χ0n) is 33.5. The van der Waals surface area contributed by atoms with Crippen LogP contribution in [0.2, 0.25) is 0 Å². The van der Waals surface area contributed by atoms with Gasteiger partial charge < -0.3 is 29.3 Å². The molecule has 2 atom stereocenters. The number of ether oxygens (including phenoxy) is 2. The van der Waals surface area contributed by atoms with E-state index in [2.05, 4.69) is 15.9 Å². The smallest absolute Gasteiger partial charge is 0.471 e. The van der Waals surface area contributed by atoms with Crippen LogP contribution in [0.5, 0.6) is 17.6 Å². The molecule has 0 spiro atoms. The molecular formula is C43H44F8N6O4. The summed E-state index contributed by atoms with van der Waals surface area (Å²) in [5.74, 6) is -3.19. The van der Waals surface area contributed by atoms with Gasteiger partial charge in [0, 0.05) is 48.1 Å². The van der Waals surface area contributed by atoms with E-state index in [4.69, 9.17) is 20.9 Å². The van der Waals surface area contributed by atoms with E-state index in [9.17, 15) is 36.2 Å². The standard InChI is InChI=1S/C43H44F8N6O4/c1-4-25-19-56(20-26(5-2)57(25)39(59)43(49,50)51)37-33-36(53-40(54-37)60-22-41(13-14-41)21-55-15-11-24(12-16-55)42(46,47)48)34(45)35(52-38(33)61-28-8-9-28)30-18-27(58)17-23-7-10-31(44)29(6-3)32(23)30/h3,7,10,17-18,24-26,28,58H,4-5,8-9,11-16,19-22H2,1-2H3. The predicted octanol–water partition coefficient (Wildman–Crippen LogP) is 8.55. The number of aromatic hydroxyl groups is 1. The minimum Gasteiger partial charge on any atom is -0.508 e. The summed E-state index contributed by atoms with van der Waals surface area (Å²) in [5, 5.41) is 11.2. The number of halogens is 8. The number of aromatic nitrogens is 3. The van der Waals surface area contributed by atoms with Crippen LogP contribution < -0.4 is 14.4 Å². The van der Waals surface area contributed by atoms with E-state index in [0.717, 1.165) is 11.0 Å².